The van der Waals surface area contributed by atoms with Gasteiger partial charge in [-0.05, 0) is 61.4 Å². The van der Waals surface area contributed by atoms with Crippen LogP contribution in [-0.2, 0) is 21.2 Å². The van der Waals surface area contributed by atoms with Gasteiger partial charge in [0.15, 0.2) is 0 Å². The van der Waals surface area contributed by atoms with Gasteiger partial charge in [0.2, 0.25) is 15.9 Å². The Morgan fingerprint density at radius 3 is 2.59 bits per heavy atom. The van der Waals surface area contributed by atoms with Gasteiger partial charge in [-0.3, -0.25) is 4.79 Å². The lowest BCUT2D eigenvalue weighted by atomic mass is 9.93. The Morgan fingerprint density at radius 1 is 1.14 bits per heavy atom. The van der Waals surface area contributed by atoms with Crippen molar-refractivity contribution in [2.45, 2.75) is 37.1 Å². The maximum Gasteiger partial charge on any atom is 0.246 e. The molecule has 1 aromatic carbocycles. The van der Waals surface area contributed by atoms with E-state index in [0.29, 0.717) is 25.5 Å². The molecule has 0 spiro atoms. The van der Waals surface area contributed by atoms with Gasteiger partial charge in [-0.1, -0.05) is 0 Å². The number of carbonyl (C=O) groups is 1. The molecule has 1 atom stereocenters. The molecule has 29 heavy (non-hydrogen) atoms. The maximum absolute atomic E-state index is 14.0. The summed E-state index contributed by atoms with van der Waals surface area (Å²) in [5.41, 5.74) is 1.19. The van der Waals surface area contributed by atoms with Crippen LogP contribution in [0.2, 0.25) is 0 Å². The number of hydrogen-bond donors (Lipinski definition) is 0. The van der Waals surface area contributed by atoms with E-state index in [4.69, 9.17) is 0 Å². The summed E-state index contributed by atoms with van der Waals surface area (Å²) in [4.78, 5) is 15.6. The molecule has 156 valence electrons. The van der Waals surface area contributed by atoms with E-state index in [2.05, 4.69) is 6.07 Å². The van der Waals surface area contributed by atoms with Gasteiger partial charge in [-0.15, -0.1) is 11.3 Å². The van der Waals surface area contributed by atoms with Crippen LogP contribution in [0.1, 0.15) is 36.2 Å². The van der Waals surface area contributed by atoms with Crippen molar-refractivity contribution in [2.75, 3.05) is 19.6 Å². The van der Waals surface area contributed by atoms with Crippen molar-refractivity contribution < 1.29 is 22.0 Å². The van der Waals surface area contributed by atoms with Crippen LogP contribution in [0.5, 0.6) is 0 Å². The molecule has 0 radical (unpaired) electrons. The van der Waals surface area contributed by atoms with E-state index in [1.54, 1.807) is 11.3 Å². The van der Waals surface area contributed by atoms with Crippen LogP contribution in [0, 0.1) is 17.6 Å². The molecule has 0 bridgehead atoms. The van der Waals surface area contributed by atoms with Gasteiger partial charge >= 0.3 is 0 Å². The smallest absolute Gasteiger partial charge is 0.246 e. The molecule has 2 aliphatic rings. The highest BCUT2D eigenvalue weighted by Crippen LogP contribution is 2.35. The van der Waals surface area contributed by atoms with E-state index in [9.17, 15) is 22.0 Å². The Morgan fingerprint density at radius 2 is 1.86 bits per heavy atom. The summed E-state index contributed by atoms with van der Waals surface area (Å²) in [5, 5.41) is 2.05. The molecule has 5 nitrogen and oxygen atoms in total. The molecular formula is C20H22F2N2O3S2. The highest BCUT2D eigenvalue weighted by molar-refractivity contribution is 7.89. The fourth-order valence-corrected chi connectivity index (χ4v) is 6.71. The first-order valence-corrected chi connectivity index (χ1v) is 11.9. The van der Waals surface area contributed by atoms with Gasteiger partial charge in [-0.2, -0.15) is 4.31 Å². The van der Waals surface area contributed by atoms with E-state index in [1.165, 1.54) is 10.4 Å². The van der Waals surface area contributed by atoms with Crippen LogP contribution >= 0.6 is 11.3 Å². The van der Waals surface area contributed by atoms with Crippen molar-refractivity contribution in [3.8, 4) is 0 Å². The first-order valence-electron chi connectivity index (χ1n) is 9.61. The Balaban J connectivity index is 1.44. The Labute approximate surface area is 173 Å². The topological polar surface area (TPSA) is 57.7 Å². The summed E-state index contributed by atoms with van der Waals surface area (Å²) in [6.45, 7) is 2.91. The molecule has 1 aromatic heterocycles. The first kappa shape index (κ1) is 20.4. The summed E-state index contributed by atoms with van der Waals surface area (Å²) in [6.07, 6.45) is 1.58. The Bertz CT molecular complexity index is 1030. The van der Waals surface area contributed by atoms with Crippen molar-refractivity contribution in [1.29, 1.82) is 0 Å². The van der Waals surface area contributed by atoms with E-state index >= 15 is 0 Å². The van der Waals surface area contributed by atoms with Crippen LogP contribution in [0.15, 0.2) is 34.5 Å². The molecule has 4 rings (SSSR count). The second-order valence-corrected chi connectivity index (χ2v) is 10.4. The molecule has 2 aliphatic heterocycles. The Kier molecular flexibility index (Phi) is 5.48. The summed E-state index contributed by atoms with van der Waals surface area (Å²) >= 11 is 1.71. The van der Waals surface area contributed by atoms with Crippen molar-refractivity contribution in [3.05, 3.63) is 51.7 Å². The average molecular weight is 441 g/mol. The molecule has 0 N–H and O–H groups in total. The van der Waals surface area contributed by atoms with Gasteiger partial charge in [-0.25, -0.2) is 17.2 Å². The van der Waals surface area contributed by atoms with Crippen molar-refractivity contribution >= 4 is 27.3 Å². The van der Waals surface area contributed by atoms with Crippen LogP contribution in [0.4, 0.5) is 8.78 Å². The Hall–Kier alpha value is -1.84. The minimum Gasteiger partial charge on any atom is -0.335 e. The zero-order valence-corrected chi connectivity index (χ0v) is 17.6. The number of carbonyl (C=O) groups excluding carboxylic acids is 1. The molecular weight excluding hydrogens is 418 g/mol. The number of halogens is 2. The fourth-order valence-electron chi connectivity index (χ4n) is 4.20. The lowest BCUT2D eigenvalue weighted by Gasteiger charge is -2.38. The SMILES string of the molecule is C[C@H]1c2ccsc2CCN1C(=O)C1CCN(S(=O)(=O)c2cc(F)ccc2F)CC1. The zero-order chi connectivity index (χ0) is 20.8. The van der Waals surface area contributed by atoms with E-state index in [-0.39, 0.29) is 31.0 Å². The lowest BCUT2D eigenvalue weighted by molar-refractivity contribution is -0.139. The summed E-state index contributed by atoms with van der Waals surface area (Å²) in [5.74, 6) is -2.00. The largest absolute Gasteiger partial charge is 0.335 e. The minimum absolute atomic E-state index is 0.0145. The number of thiophene rings is 1. The van der Waals surface area contributed by atoms with Crippen molar-refractivity contribution in [1.82, 2.24) is 9.21 Å². The lowest BCUT2D eigenvalue weighted by Crippen LogP contribution is -2.46. The molecule has 1 amide bonds. The fraction of sp³-hybridized carbons (Fsp3) is 0.450. The standard InChI is InChI=1S/C20H22F2N2O3S2/c1-13-16-7-11-28-18(16)6-10-24(13)20(25)14-4-8-23(9-5-14)29(26,27)19-12-15(21)2-3-17(19)22/h2-3,7,11-14H,4-6,8-10H2,1H3/t13-/m0/s1. The second kappa shape index (κ2) is 7.77. The maximum atomic E-state index is 14.0. The predicted molar refractivity (Wildman–Crippen MR) is 106 cm³/mol. The summed E-state index contributed by atoms with van der Waals surface area (Å²) < 4.78 is 54.0. The minimum atomic E-state index is -4.14. The number of rotatable bonds is 3. The number of hydrogen-bond acceptors (Lipinski definition) is 4. The number of fused-ring (bicyclic) bond motifs is 1. The van der Waals surface area contributed by atoms with Gasteiger partial charge < -0.3 is 4.90 Å². The molecule has 0 unspecified atom stereocenters. The molecule has 3 heterocycles. The number of piperidine rings is 1. The zero-order valence-electron chi connectivity index (χ0n) is 16.0. The first-order chi connectivity index (χ1) is 13.8. The van der Waals surface area contributed by atoms with Crippen LogP contribution < -0.4 is 0 Å². The van der Waals surface area contributed by atoms with E-state index in [1.807, 2.05) is 17.2 Å². The molecule has 0 aliphatic carbocycles. The van der Waals surface area contributed by atoms with Crippen LogP contribution in [-0.4, -0.2) is 43.2 Å². The van der Waals surface area contributed by atoms with Gasteiger partial charge in [0.05, 0.1) is 6.04 Å². The van der Waals surface area contributed by atoms with Gasteiger partial charge in [0.25, 0.3) is 0 Å². The highest BCUT2D eigenvalue weighted by atomic mass is 32.2. The molecule has 1 fully saturated rings. The van der Waals surface area contributed by atoms with Crippen LogP contribution in [0.25, 0.3) is 0 Å². The third-order valence-corrected chi connectivity index (χ3v) is 8.78. The number of sulfonamides is 1. The van der Waals surface area contributed by atoms with Crippen molar-refractivity contribution in [2.24, 2.45) is 5.92 Å². The summed E-state index contributed by atoms with van der Waals surface area (Å²) in [7, 11) is -4.14. The average Bonchev–Trinajstić information content (AvgIpc) is 3.19. The third-order valence-electron chi connectivity index (χ3n) is 5.87. The molecule has 9 heteroatoms. The number of benzene rings is 1. The van der Waals surface area contributed by atoms with Crippen molar-refractivity contribution in [3.63, 3.8) is 0 Å². The normalized spacial score (nSPS) is 21.2. The predicted octanol–water partition coefficient (Wildman–Crippen LogP) is 3.57. The monoisotopic (exact) mass is 440 g/mol. The van der Waals surface area contributed by atoms with Gasteiger partial charge in [0, 0.05) is 30.4 Å². The molecule has 1 saturated heterocycles. The highest BCUT2D eigenvalue weighted by Gasteiger charge is 2.37. The summed E-state index contributed by atoms with van der Waals surface area (Å²) in [6, 6.07) is 4.48. The third kappa shape index (κ3) is 3.71. The van der Waals surface area contributed by atoms with Crippen LogP contribution in [0.3, 0.4) is 0 Å². The van der Waals surface area contributed by atoms with E-state index in [0.717, 1.165) is 22.9 Å². The number of nitrogens with zero attached hydrogens (tertiary/aromatic N) is 2. The molecule has 0 saturated carbocycles. The van der Waals surface area contributed by atoms with E-state index < -0.39 is 26.6 Å². The van der Waals surface area contributed by atoms with Gasteiger partial charge in [0.1, 0.15) is 16.5 Å². The quantitative estimate of drug-likeness (QED) is 0.733. The second-order valence-electron chi connectivity index (χ2n) is 7.51. The molecule has 2 aromatic rings. The number of amides is 1.